The Morgan fingerprint density at radius 1 is 1.11 bits per heavy atom. The molecule has 5 fully saturated rings. The largest absolute Gasteiger partial charge is 0.492 e. The minimum atomic E-state index is -1.77. The molecule has 6 aliphatic rings. The van der Waals surface area contributed by atoms with Crippen molar-refractivity contribution in [3.05, 3.63) is 56.7 Å². The van der Waals surface area contributed by atoms with E-state index >= 15 is 4.39 Å². The molecule has 1 aliphatic heterocycles. The van der Waals surface area contributed by atoms with Crippen LogP contribution in [0.25, 0.3) is 10.9 Å². The third kappa shape index (κ3) is 5.63. The van der Waals surface area contributed by atoms with Gasteiger partial charge in [-0.25, -0.2) is 4.39 Å². The minimum Gasteiger partial charge on any atom is -0.492 e. The van der Waals surface area contributed by atoms with Crippen LogP contribution in [0.15, 0.2) is 28.6 Å². The van der Waals surface area contributed by atoms with Gasteiger partial charge >= 0.3 is 0 Å². The summed E-state index contributed by atoms with van der Waals surface area (Å²) in [6.07, 6.45) is 8.60. The zero-order valence-corrected chi connectivity index (χ0v) is 32.8. The number of benzene rings is 1. The molecule has 1 unspecified atom stereocenters. The molecule has 1 aromatic carbocycles. The number of aryl methyl sites for hydroxylation is 1. The molecule has 55 heavy (non-hydrogen) atoms. The number of hydrogen-bond donors (Lipinski definition) is 3. The fourth-order valence-corrected chi connectivity index (χ4v) is 11.8. The monoisotopic (exact) mass is 759 g/mol. The van der Waals surface area contributed by atoms with Gasteiger partial charge in [0.15, 0.2) is 28.9 Å². The number of allylic oxidation sites excluding steroid dienone is 4. The van der Waals surface area contributed by atoms with Crippen LogP contribution in [0.3, 0.4) is 0 Å². The summed E-state index contributed by atoms with van der Waals surface area (Å²) in [7, 11) is 1.48. The highest BCUT2D eigenvalue weighted by molar-refractivity contribution is 6.04. The summed E-state index contributed by atoms with van der Waals surface area (Å²) >= 11 is 0. The van der Waals surface area contributed by atoms with E-state index in [9.17, 15) is 29.4 Å². The smallest absolute Gasteiger partial charge is 0.201 e. The minimum absolute atomic E-state index is 0.00689. The summed E-state index contributed by atoms with van der Waals surface area (Å²) in [5, 5.41) is 27.4. The zero-order chi connectivity index (χ0) is 39.4. The lowest BCUT2D eigenvalue weighted by Gasteiger charge is -2.59. The van der Waals surface area contributed by atoms with Crippen molar-refractivity contribution in [2.24, 2.45) is 28.6 Å². The lowest BCUT2D eigenvalue weighted by Crippen LogP contribution is -2.61. The molecule has 0 bridgehead atoms. The number of Topliss-reactive ketones (excluding diaryl/α,β-unsaturated/α-hetero) is 2. The molecule has 3 N–H and O–H groups in total. The van der Waals surface area contributed by atoms with E-state index in [2.05, 4.69) is 12.2 Å². The van der Waals surface area contributed by atoms with E-state index in [0.717, 1.165) is 31.3 Å². The van der Waals surface area contributed by atoms with Gasteiger partial charge in [-0.1, -0.05) is 25.5 Å². The van der Waals surface area contributed by atoms with Gasteiger partial charge in [0.25, 0.3) is 0 Å². The Balaban J connectivity index is 1.04. The Bertz CT molecular complexity index is 2120. The molecule has 4 saturated carbocycles. The molecule has 5 aliphatic carbocycles. The van der Waals surface area contributed by atoms with Gasteiger partial charge in [-0.15, -0.1) is 0 Å². The molecule has 1 saturated heterocycles. The molecule has 0 spiro atoms. The summed E-state index contributed by atoms with van der Waals surface area (Å²) in [6.45, 7) is 9.98. The summed E-state index contributed by atoms with van der Waals surface area (Å²) in [4.78, 5) is 56.4. The summed E-state index contributed by atoms with van der Waals surface area (Å²) in [5.41, 5.74) is -1.44. The maximum atomic E-state index is 16.4. The Morgan fingerprint density at radius 3 is 2.55 bits per heavy atom. The van der Waals surface area contributed by atoms with Crippen LogP contribution in [-0.4, -0.2) is 89.8 Å². The highest BCUT2D eigenvalue weighted by atomic mass is 19.1. The van der Waals surface area contributed by atoms with Gasteiger partial charge in [0.05, 0.1) is 29.7 Å². The highest BCUT2D eigenvalue weighted by Gasteiger charge is 2.68. The van der Waals surface area contributed by atoms with E-state index in [-0.39, 0.29) is 70.7 Å². The molecule has 2 aromatic rings. The first-order valence-corrected chi connectivity index (χ1v) is 20.0. The number of rotatable bonds is 9. The summed E-state index contributed by atoms with van der Waals surface area (Å²) in [5.74, 6) is -1.61. The van der Waals surface area contributed by atoms with E-state index in [0.29, 0.717) is 43.0 Å². The quantitative estimate of drug-likeness (QED) is 0.308. The van der Waals surface area contributed by atoms with Gasteiger partial charge in [0, 0.05) is 59.7 Å². The number of aromatic nitrogens is 1. The number of piperazine rings is 1. The number of hydrogen-bond acceptors (Lipinski definition) is 10. The summed E-state index contributed by atoms with van der Waals surface area (Å²) < 4.78 is 30.0. The van der Waals surface area contributed by atoms with Crippen molar-refractivity contribution < 1.29 is 38.5 Å². The Hall–Kier alpha value is -3.71. The van der Waals surface area contributed by atoms with E-state index in [1.807, 2.05) is 29.4 Å². The number of pyridine rings is 1. The predicted octanol–water partition coefficient (Wildman–Crippen LogP) is 4.68. The van der Waals surface area contributed by atoms with Gasteiger partial charge in [-0.2, -0.15) is 0 Å². The van der Waals surface area contributed by atoms with Crippen LogP contribution in [0.4, 0.5) is 10.1 Å². The van der Waals surface area contributed by atoms with Gasteiger partial charge in [-0.05, 0) is 89.7 Å². The third-order valence-electron chi connectivity index (χ3n) is 14.7. The van der Waals surface area contributed by atoms with Crippen LogP contribution in [-0.2, 0) is 14.3 Å². The van der Waals surface area contributed by atoms with E-state index in [1.54, 1.807) is 26.0 Å². The number of halogens is 1. The molecule has 0 radical (unpaired) electrons. The SMILES string of the molecule is COc1c(N2CCNC(C)C2)c(F)c(C)c2c(=O)c(C(=O)COCC(=O)[C@@]3(O)CC[C@H]4[C@@H]5CCC6=CC(=O)C=C[C@]6(C)[C@H]5[C@@H](O)C[C@@]43C)c(C)n(C3CC3)c12. The highest BCUT2D eigenvalue weighted by Crippen LogP contribution is 2.67. The number of aliphatic hydroxyl groups is 2. The summed E-state index contributed by atoms with van der Waals surface area (Å²) in [6, 6.07) is 0.135. The number of nitrogens with zero attached hydrogens (tertiary/aromatic N) is 2. The maximum Gasteiger partial charge on any atom is 0.201 e. The maximum absolute atomic E-state index is 16.4. The number of methoxy groups -OCH3 is 1. The number of carbonyl (C=O) groups is 3. The van der Waals surface area contributed by atoms with Crippen molar-refractivity contribution in [3.8, 4) is 5.75 Å². The molecule has 2 heterocycles. The molecule has 1 aromatic heterocycles. The average Bonchev–Trinajstić information content (AvgIpc) is 3.93. The first kappa shape index (κ1) is 38.2. The Kier molecular flexibility index (Phi) is 9.34. The fraction of sp³-hybridized carbons (Fsp3) is 0.628. The number of aliphatic hydroxyl groups excluding tert-OH is 1. The van der Waals surface area contributed by atoms with Crippen molar-refractivity contribution in [1.29, 1.82) is 0 Å². The number of fused-ring (bicyclic) bond motifs is 6. The zero-order valence-electron chi connectivity index (χ0n) is 32.8. The molecular weight excluding hydrogens is 705 g/mol. The second-order valence-corrected chi connectivity index (χ2v) is 17.7. The van der Waals surface area contributed by atoms with Gasteiger partial charge in [0.1, 0.15) is 24.5 Å². The first-order valence-electron chi connectivity index (χ1n) is 20.0. The molecule has 11 nitrogen and oxygen atoms in total. The van der Waals surface area contributed by atoms with E-state index in [1.165, 1.54) is 7.11 Å². The van der Waals surface area contributed by atoms with Crippen LogP contribution in [0, 0.1) is 48.2 Å². The van der Waals surface area contributed by atoms with Crippen LogP contribution in [0.5, 0.6) is 5.75 Å². The number of anilines is 1. The molecule has 0 amide bonds. The molecule has 8 rings (SSSR count). The molecule has 12 heteroatoms. The topological polar surface area (TPSA) is 147 Å². The number of nitrogens with one attached hydrogen (secondary N) is 1. The van der Waals surface area contributed by atoms with Gasteiger partial charge < -0.3 is 34.5 Å². The van der Waals surface area contributed by atoms with Gasteiger partial charge in [-0.3, -0.25) is 19.2 Å². The normalized spacial score (nSPS) is 34.3. The van der Waals surface area contributed by atoms with Crippen LogP contribution in [0.1, 0.15) is 93.4 Å². The van der Waals surface area contributed by atoms with Crippen molar-refractivity contribution in [1.82, 2.24) is 9.88 Å². The lowest BCUT2D eigenvalue weighted by molar-refractivity contribution is -0.179. The van der Waals surface area contributed by atoms with Crippen LogP contribution < -0.4 is 20.4 Å². The average molecular weight is 760 g/mol. The van der Waals surface area contributed by atoms with Crippen molar-refractivity contribution in [2.75, 3.05) is 44.9 Å². The van der Waals surface area contributed by atoms with Crippen molar-refractivity contribution in [3.63, 3.8) is 0 Å². The van der Waals surface area contributed by atoms with E-state index in [4.69, 9.17) is 9.47 Å². The van der Waals surface area contributed by atoms with Gasteiger partial charge in [0.2, 0.25) is 5.43 Å². The van der Waals surface area contributed by atoms with Crippen LogP contribution in [0.2, 0.25) is 0 Å². The van der Waals surface area contributed by atoms with E-state index < -0.39 is 58.6 Å². The second kappa shape index (κ2) is 13.5. The predicted molar refractivity (Wildman–Crippen MR) is 205 cm³/mol. The number of ketones is 3. The van der Waals surface area contributed by atoms with Crippen LogP contribution >= 0.6 is 0 Å². The number of carbonyl (C=O) groups excluding carboxylic acids is 3. The lowest BCUT2D eigenvalue weighted by atomic mass is 9.46. The molecule has 296 valence electrons. The Labute approximate surface area is 320 Å². The fourth-order valence-electron chi connectivity index (χ4n) is 11.8. The molecular formula is C43H54FN3O8. The third-order valence-corrected chi connectivity index (χ3v) is 14.7. The number of ether oxygens (including phenoxy) is 2. The standard InChI is InChI=1S/C43H54FN3O8/c1-22-19-46(16-15-45-22)38-36(44)23(2)33-37(40(38)54-6)47(26-8-9-26)24(3)34(39(33)52)31(50)20-55-21-32(51)43(53)14-12-29-28-10-7-25-17-27(48)11-13-41(25,4)35(28)30(49)18-42(29,43)5/h11,13,17,22,26,28-30,35,45,49,53H,7-10,12,14-16,18-21H2,1-6H3/t22?,28-,29-,30-,35+,41-,42-,43-/m0/s1. The molecule has 8 atom stereocenters. The van der Waals surface area contributed by atoms with Crippen molar-refractivity contribution in [2.45, 2.75) is 103 Å². The second-order valence-electron chi connectivity index (χ2n) is 17.7. The van der Waals surface area contributed by atoms with Crippen molar-refractivity contribution >= 4 is 33.9 Å². The Morgan fingerprint density at radius 2 is 1.85 bits per heavy atom. The first-order chi connectivity index (χ1) is 26.1.